The third-order valence-corrected chi connectivity index (χ3v) is 4.50. The molecule has 2 heterocycles. The van der Waals surface area contributed by atoms with E-state index in [1.165, 1.54) is 4.88 Å². The molecule has 0 amide bonds. The Morgan fingerprint density at radius 3 is 2.87 bits per heavy atom. The molecule has 1 aromatic heterocycles. The third-order valence-electron chi connectivity index (χ3n) is 3.52. The third kappa shape index (κ3) is 6.94. The highest BCUT2D eigenvalue weighted by atomic mass is 127. The number of halogens is 1. The van der Waals surface area contributed by atoms with Gasteiger partial charge in [-0.05, 0) is 39.1 Å². The Morgan fingerprint density at radius 2 is 2.30 bits per heavy atom. The number of morpholine rings is 1. The first-order chi connectivity index (χ1) is 10.3. The van der Waals surface area contributed by atoms with E-state index in [1.807, 2.05) is 0 Å². The molecule has 2 atom stereocenters. The van der Waals surface area contributed by atoms with Crippen molar-refractivity contribution in [3.8, 4) is 0 Å². The average molecular weight is 452 g/mol. The lowest BCUT2D eigenvalue weighted by Gasteiger charge is -2.36. The van der Waals surface area contributed by atoms with E-state index in [2.05, 4.69) is 60.4 Å². The molecule has 1 aliphatic heterocycles. The molecule has 23 heavy (non-hydrogen) atoms. The number of guanidine groups is 1. The number of nitrogens with zero attached hydrogens (tertiary/aromatic N) is 2. The van der Waals surface area contributed by atoms with Gasteiger partial charge in [0.05, 0.1) is 25.3 Å². The van der Waals surface area contributed by atoms with Crippen LogP contribution in [0.2, 0.25) is 0 Å². The van der Waals surface area contributed by atoms with Gasteiger partial charge in [-0.2, -0.15) is 0 Å². The van der Waals surface area contributed by atoms with Crippen LogP contribution in [0.5, 0.6) is 0 Å². The van der Waals surface area contributed by atoms with Gasteiger partial charge in [-0.15, -0.1) is 35.3 Å². The highest BCUT2D eigenvalue weighted by Gasteiger charge is 2.26. The molecule has 0 radical (unpaired) electrons. The molecule has 0 aromatic carbocycles. The van der Waals surface area contributed by atoms with Crippen LogP contribution in [0.15, 0.2) is 22.5 Å². The fourth-order valence-electron chi connectivity index (χ4n) is 2.60. The molecular formula is C16H29IN4OS. The summed E-state index contributed by atoms with van der Waals surface area (Å²) in [6.07, 6.45) is 0.269. The van der Waals surface area contributed by atoms with Crippen LogP contribution in [0, 0.1) is 0 Å². The molecule has 2 rings (SSSR count). The smallest absolute Gasteiger partial charge is 0.189 e. The second-order valence-corrected chi connectivity index (χ2v) is 7.79. The van der Waals surface area contributed by atoms with Gasteiger partial charge in [-0.1, -0.05) is 6.07 Å². The fraction of sp³-hybridized carbons (Fsp3) is 0.688. The summed E-state index contributed by atoms with van der Waals surface area (Å²) in [5, 5.41) is 5.34. The molecule has 132 valence electrons. The van der Waals surface area contributed by atoms with Gasteiger partial charge in [-0.3, -0.25) is 9.89 Å². The molecule has 3 N–H and O–H groups in total. The Morgan fingerprint density at radius 1 is 1.57 bits per heavy atom. The molecule has 7 heteroatoms. The van der Waals surface area contributed by atoms with Crippen molar-refractivity contribution in [2.45, 2.75) is 45.4 Å². The standard InChI is InChI=1S/C16H28N4OS.HI/c1-12-11-20(7-8-21-12)13(14-6-5-9-22-14)10-18-15(17)19-16(2,3)4;/h5-6,9,12-13H,7-8,10-11H2,1-4H3,(H3,17,18,19);1H. The number of aliphatic imine (C=N–C) groups is 1. The number of hydrogen-bond acceptors (Lipinski definition) is 4. The molecule has 1 aliphatic rings. The second-order valence-electron chi connectivity index (χ2n) is 6.81. The SMILES string of the molecule is CC1CN(C(CN=C(N)NC(C)(C)C)c2cccs2)CCO1.I. The number of rotatable bonds is 4. The maximum atomic E-state index is 6.02. The van der Waals surface area contributed by atoms with Crippen LogP contribution in [0.1, 0.15) is 38.6 Å². The number of hydrogen-bond donors (Lipinski definition) is 2. The summed E-state index contributed by atoms with van der Waals surface area (Å²) < 4.78 is 5.66. The molecule has 2 unspecified atom stereocenters. The van der Waals surface area contributed by atoms with Crippen molar-refractivity contribution in [2.24, 2.45) is 10.7 Å². The number of nitrogens with two attached hydrogens (primary N) is 1. The zero-order chi connectivity index (χ0) is 16.2. The first-order valence-electron chi connectivity index (χ1n) is 7.82. The van der Waals surface area contributed by atoms with E-state index in [0.29, 0.717) is 12.5 Å². The summed E-state index contributed by atoms with van der Waals surface area (Å²) in [7, 11) is 0. The van der Waals surface area contributed by atoms with Crippen molar-refractivity contribution in [1.29, 1.82) is 0 Å². The van der Waals surface area contributed by atoms with Gasteiger partial charge in [-0.25, -0.2) is 0 Å². The maximum Gasteiger partial charge on any atom is 0.189 e. The lowest BCUT2D eigenvalue weighted by atomic mass is 10.1. The van der Waals surface area contributed by atoms with Crippen molar-refractivity contribution in [1.82, 2.24) is 10.2 Å². The zero-order valence-electron chi connectivity index (χ0n) is 14.4. The monoisotopic (exact) mass is 452 g/mol. The van der Waals surface area contributed by atoms with E-state index in [0.717, 1.165) is 19.7 Å². The predicted molar refractivity (Wildman–Crippen MR) is 109 cm³/mol. The van der Waals surface area contributed by atoms with Gasteiger partial charge >= 0.3 is 0 Å². The minimum Gasteiger partial charge on any atom is -0.376 e. The Balaban J connectivity index is 0.00000264. The Kier molecular flexibility index (Phi) is 8.26. The van der Waals surface area contributed by atoms with E-state index in [9.17, 15) is 0 Å². The molecule has 0 saturated carbocycles. The van der Waals surface area contributed by atoms with Crippen LogP contribution in [0.25, 0.3) is 0 Å². The van der Waals surface area contributed by atoms with Gasteiger partial charge in [0, 0.05) is 23.5 Å². The topological polar surface area (TPSA) is 62.9 Å². The average Bonchev–Trinajstić information content (AvgIpc) is 2.91. The summed E-state index contributed by atoms with van der Waals surface area (Å²) in [5.41, 5.74) is 5.95. The van der Waals surface area contributed by atoms with Gasteiger partial charge in [0.2, 0.25) is 0 Å². The van der Waals surface area contributed by atoms with Gasteiger partial charge in [0.1, 0.15) is 0 Å². The van der Waals surface area contributed by atoms with E-state index in [4.69, 9.17) is 10.5 Å². The van der Waals surface area contributed by atoms with Crippen LogP contribution in [-0.4, -0.2) is 48.7 Å². The van der Waals surface area contributed by atoms with Gasteiger partial charge in [0.25, 0.3) is 0 Å². The second kappa shape index (κ2) is 9.19. The normalized spacial score (nSPS) is 21.6. The maximum absolute atomic E-state index is 6.02. The first-order valence-corrected chi connectivity index (χ1v) is 8.70. The lowest BCUT2D eigenvalue weighted by Crippen LogP contribution is -2.46. The Hall–Kier alpha value is -0.380. The molecular weight excluding hydrogens is 423 g/mol. The largest absolute Gasteiger partial charge is 0.376 e. The highest BCUT2D eigenvalue weighted by Crippen LogP contribution is 2.27. The Labute approximate surface area is 160 Å². The van der Waals surface area contributed by atoms with Crippen LogP contribution in [-0.2, 0) is 4.74 Å². The summed E-state index contributed by atoms with van der Waals surface area (Å²) in [6.45, 7) is 11.7. The van der Waals surface area contributed by atoms with Crippen LogP contribution in [0.3, 0.4) is 0 Å². The minimum atomic E-state index is -0.0700. The summed E-state index contributed by atoms with van der Waals surface area (Å²) >= 11 is 1.78. The molecule has 0 bridgehead atoms. The molecule has 0 aliphatic carbocycles. The first kappa shape index (κ1) is 20.7. The number of nitrogens with one attached hydrogen (secondary N) is 1. The Bertz CT molecular complexity index is 487. The van der Waals surface area contributed by atoms with Crippen molar-refractivity contribution >= 4 is 41.3 Å². The van der Waals surface area contributed by atoms with E-state index >= 15 is 0 Å². The van der Waals surface area contributed by atoms with Crippen LogP contribution < -0.4 is 11.1 Å². The van der Waals surface area contributed by atoms with Gasteiger partial charge in [0.15, 0.2) is 5.96 Å². The number of ether oxygens (including phenoxy) is 1. The predicted octanol–water partition coefficient (Wildman–Crippen LogP) is 2.83. The molecule has 5 nitrogen and oxygen atoms in total. The molecule has 1 saturated heterocycles. The number of thiophene rings is 1. The summed E-state index contributed by atoms with van der Waals surface area (Å²) in [6, 6.07) is 4.54. The lowest BCUT2D eigenvalue weighted by molar-refractivity contribution is -0.0327. The highest BCUT2D eigenvalue weighted by molar-refractivity contribution is 14.0. The molecule has 1 fully saturated rings. The molecule has 1 aromatic rings. The van der Waals surface area contributed by atoms with Crippen molar-refractivity contribution < 1.29 is 4.74 Å². The summed E-state index contributed by atoms with van der Waals surface area (Å²) in [4.78, 5) is 8.36. The van der Waals surface area contributed by atoms with Crippen LogP contribution in [0.4, 0.5) is 0 Å². The van der Waals surface area contributed by atoms with Crippen LogP contribution >= 0.6 is 35.3 Å². The summed E-state index contributed by atoms with van der Waals surface area (Å²) in [5.74, 6) is 0.510. The quantitative estimate of drug-likeness (QED) is 0.419. The fourth-order valence-corrected chi connectivity index (χ4v) is 3.46. The minimum absolute atomic E-state index is 0. The van der Waals surface area contributed by atoms with Crippen molar-refractivity contribution in [3.63, 3.8) is 0 Å². The van der Waals surface area contributed by atoms with E-state index in [-0.39, 0.29) is 41.7 Å². The van der Waals surface area contributed by atoms with E-state index < -0.39 is 0 Å². The van der Waals surface area contributed by atoms with E-state index in [1.54, 1.807) is 11.3 Å². The van der Waals surface area contributed by atoms with Gasteiger partial charge < -0.3 is 15.8 Å². The van der Waals surface area contributed by atoms with Crippen molar-refractivity contribution in [2.75, 3.05) is 26.2 Å². The van der Waals surface area contributed by atoms with Crippen molar-refractivity contribution in [3.05, 3.63) is 22.4 Å². The zero-order valence-corrected chi connectivity index (χ0v) is 17.6. The molecule has 0 spiro atoms.